The van der Waals surface area contributed by atoms with E-state index in [4.69, 9.17) is 8.22 Å². The first-order valence-electron chi connectivity index (χ1n) is 9.24. The molecule has 0 heterocycles. The Morgan fingerprint density at radius 3 is 3.00 bits per heavy atom. The number of rotatable bonds is 3. The van der Waals surface area contributed by atoms with Gasteiger partial charge in [0, 0.05) is 20.7 Å². The van der Waals surface area contributed by atoms with E-state index < -0.39 is 25.5 Å². The van der Waals surface area contributed by atoms with Gasteiger partial charge in [0.2, 0.25) is 0 Å². The van der Waals surface area contributed by atoms with E-state index >= 15 is 0 Å². The highest BCUT2D eigenvalue weighted by Gasteiger charge is 2.40. The molecule has 1 aromatic carbocycles. The Bertz CT molecular complexity index is 560. The van der Waals surface area contributed by atoms with Crippen LogP contribution in [0.2, 0.25) is 0 Å². The van der Waals surface area contributed by atoms with Gasteiger partial charge in [-0.3, -0.25) is 0 Å². The van der Waals surface area contributed by atoms with Gasteiger partial charge in [-0.2, -0.15) is 0 Å². The number of phenolic OH excluding ortho intramolecular Hbond substituents is 1. The van der Waals surface area contributed by atoms with E-state index in [0.29, 0.717) is 23.3 Å². The van der Waals surface area contributed by atoms with Crippen LogP contribution in [0.5, 0.6) is 5.75 Å². The van der Waals surface area contributed by atoms with E-state index in [-0.39, 0.29) is 12.3 Å². The SMILES string of the molecule is [2H]C([2H])([2H])N(CC1CCCCC1(O)c1cccc(O)c1)C([2H])([2H])[2H]. The predicted molar refractivity (Wildman–Crippen MR) is 72.5 cm³/mol. The van der Waals surface area contributed by atoms with Crippen LogP contribution in [0, 0.1) is 5.92 Å². The van der Waals surface area contributed by atoms with Gasteiger partial charge in [0.1, 0.15) is 5.75 Å². The van der Waals surface area contributed by atoms with Crippen LogP contribution in [0.4, 0.5) is 0 Å². The third-order valence-electron chi connectivity index (χ3n) is 3.78. The molecule has 0 saturated heterocycles. The Kier molecular flexibility index (Phi) is 2.21. The van der Waals surface area contributed by atoms with Crippen LogP contribution in [0.1, 0.15) is 39.5 Å². The minimum atomic E-state index is -2.78. The van der Waals surface area contributed by atoms with Crippen LogP contribution in [0.25, 0.3) is 0 Å². The van der Waals surface area contributed by atoms with Crippen molar-refractivity contribution in [1.82, 2.24) is 4.90 Å². The predicted octanol–water partition coefficient (Wildman–Crippen LogP) is 2.33. The Hall–Kier alpha value is -1.06. The lowest BCUT2D eigenvalue weighted by Gasteiger charge is -2.41. The molecule has 0 aromatic heterocycles. The second kappa shape index (κ2) is 5.29. The maximum absolute atomic E-state index is 11.2. The molecule has 0 aliphatic heterocycles. The first kappa shape index (κ1) is 7.51. The van der Waals surface area contributed by atoms with Gasteiger partial charge in [-0.05, 0) is 44.5 Å². The van der Waals surface area contributed by atoms with Gasteiger partial charge in [0.05, 0.1) is 5.60 Å². The van der Waals surface area contributed by atoms with Crippen molar-refractivity contribution in [3.8, 4) is 5.75 Å². The first-order valence-corrected chi connectivity index (χ1v) is 6.24. The number of aromatic hydroxyl groups is 1. The molecule has 3 nitrogen and oxygen atoms in total. The number of benzene rings is 1. The Morgan fingerprint density at radius 1 is 1.44 bits per heavy atom. The van der Waals surface area contributed by atoms with Gasteiger partial charge in [0.15, 0.2) is 0 Å². The highest BCUT2D eigenvalue weighted by atomic mass is 16.3. The van der Waals surface area contributed by atoms with E-state index in [1.54, 1.807) is 12.1 Å². The average Bonchev–Trinajstić information content (AvgIpc) is 2.43. The molecule has 1 fully saturated rings. The molecule has 100 valence electrons. The molecule has 1 aliphatic rings. The Morgan fingerprint density at radius 2 is 2.28 bits per heavy atom. The van der Waals surface area contributed by atoms with E-state index in [0.717, 1.165) is 12.8 Å². The fraction of sp³-hybridized carbons (Fsp3) is 0.600. The van der Waals surface area contributed by atoms with Crippen LogP contribution in [0.3, 0.4) is 0 Å². The lowest BCUT2D eigenvalue weighted by molar-refractivity contribution is -0.0619. The fourth-order valence-corrected chi connectivity index (χ4v) is 2.85. The number of aliphatic hydroxyl groups is 1. The minimum absolute atomic E-state index is 0.00810. The van der Waals surface area contributed by atoms with Gasteiger partial charge in [-0.1, -0.05) is 25.0 Å². The second-order valence-electron chi connectivity index (χ2n) is 5.03. The summed E-state index contributed by atoms with van der Waals surface area (Å²) < 4.78 is 45.1. The lowest BCUT2D eigenvalue weighted by Crippen LogP contribution is -2.43. The zero-order chi connectivity index (χ0) is 18.2. The quantitative estimate of drug-likeness (QED) is 0.871. The number of nitrogens with zero attached hydrogens (tertiary/aromatic N) is 1. The normalized spacial score (nSPS) is 34.9. The molecule has 2 atom stereocenters. The second-order valence-corrected chi connectivity index (χ2v) is 5.03. The molecule has 0 radical (unpaired) electrons. The summed E-state index contributed by atoms with van der Waals surface area (Å²) in [5, 5.41) is 20.9. The van der Waals surface area contributed by atoms with Crippen LogP contribution in [-0.2, 0) is 5.60 Å². The van der Waals surface area contributed by atoms with Crippen molar-refractivity contribution in [2.45, 2.75) is 31.3 Å². The van der Waals surface area contributed by atoms with Crippen molar-refractivity contribution in [3.63, 3.8) is 0 Å². The van der Waals surface area contributed by atoms with Crippen LogP contribution in [-0.4, -0.2) is 35.6 Å². The van der Waals surface area contributed by atoms with Gasteiger partial charge in [0.25, 0.3) is 0 Å². The molecule has 1 saturated carbocycles. The summed E-state index contributed by atoms with van der Waals surface area (Å²) in [6, 6.07) is 6.22. The monoisotopic (exact) mass is 255 g/mol. The largest absolute Gasteiger partial charge is 0.508 e. The molecule has 2 rings (SSSR count). The van der Waals surface area contributed by atoms with E-state index in [2.05, 4.69) is 0 Å². The van der Waals surface area contributed by atoms with Crippen LogP contribution < -0.4 is 0 Å². The Balaban J connectivity index is 2.35. The van der Waals surface area contributed by atoms with Crippen molar-refractivity contribution in [3.05, 3.63) is 29.8 Å². The molecule has 2 N–H and O–H groups in total. The number of hydrogen-bond acceptors (Lipinski definition) is 3. The number of phenols is 1. The molecule has 18 heavy (non-hydrogen) atoms. The molecule has 1 aromatic rings. The van der Waals surface area contributed by atoms with Crippen molar-refractivity contribution in [2.75, 3.05) is 20.5 Å². The summed E-state index contributed by atoms with van der Waals surface area (Å²) in [6.45, 7) is -5.82. The van der Waals surface area contributed by atoms with E-state index in [1.807, 2.05) is 0 Å². The molecular weight excluding hydrogens is 226 g/mol. The molecular formula is C15H23NO2. The van der Waals surface area contributed by atoms with Crippen molar-refractivity contribution in [2.24, 2.45) is 5.92 Å². The van der Waals surface area contributed by atoms with Gasteiger partial charge < -0.3 is 15.1 Å². The summed E-state index contributed by atoms with van der Waals surface area (Å²) in [5.41, 5.74) is -0.866. The van der Waals surface area contributed by atoms with Crippen molar-refractivity contribution < 1.29 is 18.4 Å². The molecule has 0 amide bonds. The van der Waals surface area contributed by atoms with Crippen LogP contribution >= 0.6 is 0 Å². The maximum atomic E-state index is 11.2. The third-order valence-corrected chi connectivity index (χ3v) is 3.78. The van der Waals surface area contributed by atoms with Gasteiger partial charge >= 0.3 is 0 Å². The first-order chi connectivity index (χ1) is 10.9. The molecule has 0 bridgehead atoms. The van der Waals surface area contributed by atoms with E-state index in [9.17, 15) is 10.2 Å². The zero-order valence-electron chi connectivity index (χ0n) is 16.3. The topological polar surface area (TPSA) is 43.7 Å². The lowest BCUT2D eigenvalue weighted by atomic mass is 9.71. The summed E-state index contributed by atoms with van der Waals surface area (Å²) >= 11 is 0. The van der Waals surface area contributed by atoms with Gasteiger partial charge in [-0.15, -0.1) is 0 Å². The van der Waals surface area contributed by atoms with E-state index in [1.165, 1.54) is 12.1 Å². The van der Waals surface area contributed by atoms with Crippen molar-refractivity contribution in [1.29, 1.82) is 0 Å². The highest BCUT2D eigenvalue weighted by Crippen LogP contribution is 2.42. The highest BCUT2D eigenvalue weighted by molar-refractivity contribution is 5.32. The zero-order valence-corrected chi connectivity index (χ0v) is 10.3. The van der Waals surface area contributed by atoms with Crippen LogP contribution in [0.15, 0.2) is 24.3 Å². The molecule has 1 aliphatic carbocycles. The Labute approximate surface area is 117 Å². The summed E-state index contributed by atoms with van der Waals surface area (Å²) in [5.74, 6) is -0.539. The van der Waals surface area contributed by atoms with Crippen molar-refractivity contribution >= 4 is 0 Å². The molecule has 0 spiro atoms. The minimum Gasteiger partial charge on any atom is -0.508 e. The summed E-state index contributed by atoms with van der Waals surface area (Å²) in [4.78, 5) is 0.504. The smallest absolute Gasteiger partial charge is 0.115 e. The van der Waals surface area contributed by atoms with Gasteiger partial charge in [-0.25, -0.2) is 0 Å². The molecule has 3 heteroatoms. The maximum Gasteiger partial charge on any atom is 0.115 e. The molecule has 2 unspecified atom stereocenters. The third kappa shape index (κ3) is 2.68. The number of hydrogen-bond donors (Lipinski definition) is 2. The summed E-state index contributed by atoms with van der Waals surface area (Å²) in [7, 11) is 0. The average molecular weight is 255 g/mol. The summed E-state index contributed by atoms with van der Waals surface area (Å²) in [6.07, 6.45) is 2.47. The standard InChI is InChI=1S/C15H23NO2/c1-16(2)11-13-6-3-4-9-15(13,18)12-7-5-8-14(17)10-12/h5,7-8,10,13,17-18H,3-4,6,9,11H2,1-2H3/i1D3,2D3. The fourth-order valence-electron chi connectivity index (χ4n) is 2.85.